The highest BCUT2D eigenvalue weighted by Gasteiger charge is 2.28. The molecule has 2 aromatic rings. The predicted molar refractivity (Wildman–Crippen MR) is 108 cm³/mol. The lowest BCUT2D eigenvalue weighted by Crippen LogP contribution is -2.32. The van der Waals surface area contributed by atoms with Crippen LogP contribution in [0.25, 0.3) is 0 Å². The zero-order valence-electron chi connectivity index (χ0n) is 15.0. The molecule has 2 aromatic carbocycles. The second-order valence-electron chi connectivity index (χ2n) is 6.06. The molecule has 26 heavy (non-hydrogen) atoms. The van der Waals surface area contributed by atoms with Crippen molar-refractivity contribution in [1.29, 1.82) is 0 Å². The zero-order chi connectivity index (χ0) is 18.5. The minimum atomic E-state index is -0.417. The molecule has 0 saturated carbocycles. The van der Waals surface area contributed by atoms with Gasteiger partial charge in [0.1, 0.15) is 0 Å². The van der Waals surface area contributed by atoms with Gasteiger partial charge in [0.15, 0.2) is 0 Å². The molecular weight excluding hydrogens is 346 g/mol. The number of nitrogens with zero attached hydrogens (tertiary/aromatic N) is 1. The fourth-order valence-corrected chi connectivity index (χ4v) is 4.06. The Morgan fingerprint density at radius 3 is 2.50 bits per heavy atom. The first-order valence-corrected chi connectivity index (χ1v) is 9.70. The SMILES string of the molecule is CCN(CC)c1ccc(NC(=O)C[C@H]2Sc3ccccc3NC2=O)cc1. The van der Waals surface area contributed by atoms with E-state index in [1.165, 1.54) is 11.8 Å². The van der Waals surface area contributed by atoms with Crippen LogP contribution in [0.3, 0.4) is 0 Å². The van der Waals surface area contributed by atoms with Crippen LogP contribution in [0.4, 0.5) is 17.1 Å². The van der Waals surface area contributed by atoms with Crippen LogP contribution in [0.2, 0.25) is 0 Å². The Morgan fingerprint density at radius 2 is 1.81 bits per heavy atom. The number of carbonyl (C=O) groups is 2. The number of hydrogen-bond donors (Lipinski definition) is 2. The average Bonchev–Trinajstić information content (AvgIpc) is 2.64. The second-order valence-corrected chi connectivity index (χ2v) is 7.31. The molecule has 0 unspecified atom stereocenters. The highest BCUT2D eigenvalue weighted by molar-refractivity contribution is 8.01. The third kappa shape index (κ3) is 4.19. The summed E-state index contributed by atoms with van der Waals surface area (Å²) in [5.74, 6) is -0.284. The van der Waals surface area contributed by atoms with Crippen molar-refractivity contribution in [2.24, 2.45) is 0 Å². The van der Waals surface area contributed by atoms with Crippen LogP contribution in [0.1, 0.15) is 20.3 Å². The maximum absolute atomic E-state index is 12.4. The number of anilines is 3. The van der Waals surface area contributed by atoms with Crippen LogP contribution in [0.15, 0.2) is 53.4 Å². The first kappa shape index (κ1) is 18.3. The van der Waals surface area contributed by atoms with E-state index in [2.05, 4.69) is 29.4 Å². The molecule has 5 nitrogen and oxygen atoms in total. The average molecular weight is 369 g/mol. The fraction of sp³-hybridized carbons (Fsp3) is 0.300. The monoisotopic (exact) mass is 369 g/mol. The number of carbonyl (C=O) groups excluding carboxylic acids is 2. The van der Waals surface area contributed by atoms with E-state index < -0.39 is 5.25 Å². The lowest BCUT2D eigenvalue weighted by Gasteiger charge is -2.23. The quantitative estimate of drug-likeness (QED) is 0.809. The zero-order valence-corrected chi connectivity index (χ0v) is 15.8. The number of hydrogen-bond acceptors (Lipinski definition) is 4. The van der Waals surface area contributed by atoms with Crippen LogP contribution in [0.5, 0.6) is 0 Å². The van der Waals surface area contributed by atoms with Gasteiger partial charge in [-0.3, -0.25) is 9.59 Å². The van der Waals surface area contributed by atoms with Crippen LogP contribution in [-0.4, -0.2) is 30.2 Å². The van der Waals surface area contributed by atoms with Crippen molar-refractivity contribution in [1.82, 2.24) is 0 Å². The van der Waals surface area contributed by atoms with Crippen LogP contribution >= 0.6 is 11.8 Å². The van der Waals surface area contributed by atoms with Gasteiger partial charge in [-0.15, -0.1) is 11.8 Å². The molecule has 0 aromatic heterocycles. The van der Waals surface area contributed by atoms with Gasteiger partial charge in [0, 0.05) is 35.8 Å². The van der Waals surface area contributed by atoms with E-state index in [-0.39, 0.29) is 18.2 Å². The van der Waals surface area contributed by atoms with Crippen molar-refractivity contribution in [3.8, 4) is 0 Å². The lowest BCUT2D eigenvalue weighted by atomic mass is 10.2. The number of thioether (sulfide) groups is 1. The van der Waals surface area contributed by atoms with E-state index in [0.717, 1.165) is 35.0 Å². The molecule has 1 aliphatic heterocycles. The van der Waals surface area contributed by atoms with Gasteiger partial charge in [-0.1, -0.05) is 12.1 Å². The van der Waals surface area contributed by atoms with Crippen LogP contribution in [0, 0.1) is 0 Å². The summed E-state index contributed by atoms with van der Waals surface area (Å²) in [6.07, 6.45) is 0.141. The maximum Gasteiger partial charge on any atom is 0.238 e. The molecule has 0 aliphatic carbocycles. The van der Waals surface area contributed by atoms with E-state index in [0.29, 0.717) is 0 Å². The van der Waals surface area contributed by atoms with Crippen LogP contribution in [-0.2, 0) is 9.59 Å². The fourth-order valence-electron chi connectivity index (χ4n) is 2.95. The third-order valence-corrected chi connectivity index (χ3v) is 5.63. The minimum absolute atomic E-state index is 0.124. The molecule has 6 heteroatoms. The Balaban J connectivity index is 1.60. The lowest BCUT2D eigenvalue weighted by molar-refractivity contribution is -0.120. The minimum Gasteiger partial charge on any atom is -0.372 e. The summed E-state index contributed by atoms with van der Waals surface area (Å²) in [6.45, 7) is 6.11. The first-order chi connectivity index (χ1) is 12.6. The topological polar surface area (TPSA) is 61.4 Å². The van der Waals surface area contributed by atoms with E-state index in [1.807, 2.05) is 48.5 Å². The molecule has 1 aliphatic rings. The Morgan fingerprint density at radius 1 is 1.12 bits per heavy atom. The van der Waals surface area contributed by atoms with Gasteiger partial charge in [-0.25, -0.2) is 0 Å². The molecular formula is C20H23N3O2S. The van der Waals surface area contributed by atoms with Gasteiger partial charge < -0.3 is 15.5 Å². The number of rotatable bonds is 6. The van der Waals surface area contributed by atoms with Gasteiger partial charge in [0.05, 0.1) is 10.9 Å². The van der Waals surface area contributed by atoms with Crippen molar-refractivity contribution < 1.29 is 9.59 Å². The summed E-state index contributed by atoms with van der Waals surface area (Å²) < 4.78 is 0. The van der Waals surface area contributed by atoms with E-state index in [1.54, 1.807) is 0 Å². The summed E-state index contributed by atoms with van der Waals surface area (Å²) in [4.78, 5) is 27.8. The smallest absolute Gasteiger partial charge is 0.238 e. The molecule has 0 bridgehead atoms. The summed E-state index contributed by atoms with van der Waals surface area (Å²) in [7, 11) is 0. The molecule has 136 valence electrons. The summed E-state index contributed by atoms with van der Waals surface area (Å²) >= 11 is 1.44. The van der Waals surface area contributed by atoms with Gasteiger partial charge in [-0.05, 0) is 50.2 Å². The number of amides is 2. The summed E-state index contributed by atoms with van der Waals surface area (Å²) in [6, 6.07) is 15.4. The van der Waals surface area contributed by atoms with Crippen molar-refractivity contribution in [3.63, 3.8) is 0 Å². The van der Waals surface area contributed by atoms with E-state index in [9.17, 15) is 9.59 Å². The molecule has 0 fully saturated rings. The largest absolute Gasteiger partial charge is 0.372 e. The number of benzene rings is 2. The van der Waals surface area contributed by atoms with Gasteiger partial charge in [-0.2, -0.15) is 0 Å². The van der Waals surface area contributed by atoms with E-state index >= 15 is 0 Å². The van der Waals surface area contributed by atoms with Gasteiger partial charge >= 0.3 is 0 Å². The normalized spacial score (nSPS) is 15.8. The molecule has 2 amide bonds. The summed E-state index contributed by atoms with van der Waals surface area (Å²) in [5, 5.41) is 5.34. The second kappa shape index (κ2) is 8.27. The molecule has 0 spiro atoms. The molecule has 3 rings (SSSR count). The standard InChI is InChI=1S/C20H23N3O2S/c1-3-23(4-2)15-11-9-14(10-12-15)21-19(24)13-18-20(25)22-16-7-5-6-8-17(16)26-18/h5-12,18H,3-4,13H2,1-2H3,(H,21,24)(H,22,25)/t18-/m1/s1. The number of fused-ring (bicyclic) bond motifs is 1. The predicted octanol–water partition coefficient (Wildman–Crippen LogP) is 3.97. The van der Waals surface area contributed by atoms with Crippen molar-refractivity contribution in [2.75, 3.05) is 28.6 Å². The molecule has 2 N–H and O–H groups in total. The Hall–Kier alpha value is -2.47. The summed E-state index contributed by atoms with van der Waals surface area (Å²) in [5.41, 5.74) is 2.69. The highest BCUT2D eigenvalue weighted by Crippen LogP contribution is 2.36. The first-order valence-electron chi connectivity index (χ1n) is 8.82. The van der Waals surface area contributed by atoms with Gasteiger partial charge in [0.25, 0.3) is 0 Å². The van der Waals surface area contributed by atoms with Gasteiger partial charge in [0.2, 0.25) is 11.8 Å². The van der Waals surface area contributed by atoms with Crippen molar-refractivity contribution >= 4 is 40.6 Å². The molecule has 0 radical (unpaired) electrons. The third-order valence-electron chi connectivity index (χ3n) is 4.36. The van der Waals surface area contributed by atoms with Crippen LogP contribution < -0.4 is 15.5 Å². The molecule has 0 saturated heterocycles. The number of para-hydroxylation sites is 1. The maximum atomic E-state index is 12.4. The Bertz CT molecular complexity index is 788. The highest BCUT2D eigenvalue weighted by atomic mass is 32.2. The Kier molecular flexibility index (Phi) is 5.83. The van der Waals surface area contributed by atoms with Crippen molar-refractivity contribution in [3.05, 3.63) is 48.5 Å². The molecule has 1 heterocycles. The Labute approximate surface area is 158 Å². The van der Waals surface area contributed by atoms with E-state index in [4.69, 9.17) is 0 Å². The number of nitrogens with one attached hydrogen (secondary N) is 2. The molecule has 1 atom stereocenters. The van der Waals surface area contributed by atoms with Crippen molar-refractivity contribution in [2.45, 2.75) is 30.4 Å².